The summed E-state index contributed by atoms with van der Waals surface area (Å²) in [5, 5.41) is 23.5. The van der Waals surface area contributed by atoms with Gasteiger partial charge in [-0.05, 0) is 90.4 Å². The van der Waals surface area contributed by atoms with Gasteiger partial charge in [0.2, 0.25) is 0 Å². The molecule has 0 spiro atoms. The number of allylic oxidation sites excluding steroid dienone is 1. The zero-order valence-corrected chi connectivity index (χ0v) is 72.4. The first-order valence-electron chi connectivity index (χ1n) is 47.7. The minimum atomic E-state index is -0.633. The van der Waals surface area contributed by atoms with E-state index in [-0.39, 0.29) is 17.9 Å². The number of ether oxygens (including phenoxy) is 3. The van der Waals surface area contributed by atoms with Crippen LogP contribution in [0, 0.1) is 0 Å². The van der Waals surface area contributed by atoms with Gasteiger partial charge in [0, 0.05) is 51.0 Å². The third kappa shape index (κ3) is 84.2. The van der Waals surface area contributed by atoms with E-state index >= 15 is 0 Å². The van der Waals surface area contributed by atoms with Crippen LogP contribution >= 0.6 is 0 Å². The molecule has 11 heteroatoms. The van der Waals surface area contributed by atoms with Crippen molar-refractivity contribution in [3.63, 3.8) is 0 Å². The van der Waals surface area contributed by atoms with Gasteiger partial charge < -0.3 is 34.2 Å². The quantitative estimate of drug-likeness (QED) is 0.0261. The molecule has 0 bridgehead atoms. The van der Waals surface area contributed by atoms with E-state index in [0.717, 1.165) is 103 Å². The van der Waals surface area contributed by atoms with Gasteiger partial charge in [0.05, 0.1) is 32.0 Å². The zero-order chi connectivity index (χ0) is 77.6. The fourth-order valence-electron chi connectivity index (χ4n) is 15.1. The van der Waals surface area contributed by atoms with Crippen molar-refractivity contribution in [3.8, 4) is 0 Å². The van der Waals surface area contributed by atoms with Gasteiger partial charge >= 0.3 is 17.9 Å². The second kappa shape index (κ2) is 89.0. The predicted octanol–water partition coefficient (Wildman–Crippen LogP) is 27.5. The highest BCUT2D eigenvalue weighted by Crippen LogP contribution is 2.20. The van der Waals surface area contributed by atoms with E-state index in [1.807, 2.05) is 18.2 Å². The summed E-state index contributed by atoms with van der Waals surface area (Å²) < 4.78 is 16.9. The van der Waals surface area contributed by atoms with Crippen LogP contribution in [0.4, 0.5) is 0 Å². The minimum absolute atomic E-state index is 0.251. The Hall–Kier alpha value is -2.57. The predicted molar refractivity (Wildman–Crippen MR) is 464 cm³/mol. The molecule has 0 aliphatic heterocycles. The standard InChI is InChI=1S/C96H185N3O8/c1-6-11-16-21-26-31-36-41-46-51-56-61-71-86-105-94(102)77-66-64-65-76-92(100)89-97(80-67-59-54-49-44-39-34-29-24-19-14-9-4)82-69-70-83-98(81-68-60-55-50-45-40-35-30-25-20-15-10-5)90-93(101)91-99(84-74-78-95(103)106-87-72-62-57-52-47-42-37-32-27-22-17-12-7-2)85-75-79-96(104)107-88-73-63-58-53-48-43-38-33-28-23-18-13-8-3/h66,74-75,77-79,92-93,100-101H,6-65,67-73,76,80-91H2,1-5H3/b77-66+,78-74+,79-75+. The Morgan fingerprint density at radius 1 is 0.243 bits per heavy atom. The molecule has 0 rings (SSSR count). The molecule has 0 aromatic rings. The maximum atomic E-state index is 13.0. The molecule has 0 heterocycles. The lowest BCUT2D eigenvalue weighted by Crippen LogP contribution is -2.41. The van der Waals surface area contributed by atoms with Crippen molar-refractivity contribution in [2.45, 2.75) is 483 Å². The van der Waals surface area contributed by atoms with Gasteiger partial charge in [-0.3, -0.25) is 4.90 Å². The molecular formula is C96H185N3O8. The second-order valence-electron chi connectivity index (χ2n) is 33.0. The fraction of sp³-hybridized carbons (Fsp3) is 0.906. The first-order valence-corrected chi connectivity index (χ1v) is 47.7. The molecule has 2 unspecified atom stereocenters. The first kappa shape index (κ1) is 104. The van der Waals surface area contributed by atoms with Crippen LogP contribution in [0.3, 0.4) is 0 Å². The number of rotatable bonds is 90. The molecule has 0 aromatic heterocycles. The van der Waals surface area contributed by atoms with Crippen LogP contribution in [0.5, 0.6) is 0 Å². The largest absolute Gasteiger partial charge is 0.463 e. The fourth-order valence-corrected chi connectivity index (χ4v) is 15.1. The molecule has 0 aromatic carbocycles. The summed E-state index contributed by atoms with van der Waals surface area (Å²) in [6.07, 6.45) is 95.0. The van der Waals surface area contributed by atoms with E-state index in [1.165, 1.54) is 365 Å². The highest BCUT2D eigenvalue weighted by molar-refractivity contribution is 5.82. The Kier molecular flexibility index (Phi) is 86.8. The van der Waals surface area contributed by atoms with Crippen LogP contribution in [0.2, 0.25) is 0 Å². The molecule has 0 aliphatic carbocycles. The number of carbonyl (C=O) groups is 3. The van der Waals surface area contributed by atoms with Crippen molar-refractivity contribution in [1.82, 2.24) is 14.7 Å². The molecule has 0 saturated heterocycles. The third-order valence-corrected chi connectivity index (χ3v) is 22.1. The van der Waals surface area contributed by atoms with Crippen molar-refractivity contribution in [2.24, 2.45) is 0 Å². The molecule has 0 radical (unpaired) electrons. The average molecular weight is 1510 g/mol. The summed E-state index contributed by atoms with van der Waals surface area (Å²) in [6, 6.07) is 0. The normalized spacial score (nSPS) is 12.6. The highest BCUT2D eigenvalue weighted by Gasteiger charge is 2.18. The van der Waals surface area contributed by atoms with E-state index in [1.54, 1.807) is 6.08 Å². The number of aliphatic hydroxyl groups excluding tert-OH is 2. The lowest BCUT2D eigenvalue weighted by atomic mass is 10.0. The molecule has 0 saturated carbocycles. The SMILES string of the molecule is CCCCCCCCCCCCCCCOC(=O)/C=C/CCCC(O)CN(CCCCCCCCCCCCCC)CCCCN(CCCCCCCCCCCCCC)CC(O)CN(C/C=C/C(=O)OCCCCCCCCCCCCCCC)C/C=C/C(=O)OCCCCCCCCCCCCCCC. The summed E-state index contributed by atoms with van der Waals surface area (Å²) in [5.74, 6) is -0.908. The summed E-state index contributed by atoms with van der Waals surface area (Å²) in [6.45, 7) is 19.0. The van der Waals surface area contributed by atoms with E-state index in [4.69, 9.17) is 14.2 Å². The number of nitrogens with zero attached hydrogens (tertiary/aromatic N) is 3. The third-order valence-electron chi connectivity index (χ3n) is 22.1. The van der Waals surface area contributed by atoms with Crippen LogP contribution in [-0.2, 0) is 28.6 Å². The van der Waals surface area contributed by atoms with E-state index in [0.29, 0.717) is 59.0 Å². The molecule has 0 amide bonds. The van der Waals surface area contributed by atoms with Crippen LogP contribution in [0.25, 0.3) is 0 Å². The zero-order valence-electron chi connectivity index (χ0n) is 72.4. The van der Waals surface area contributed by atoms with Crippen molar-refractivity contribution < 1.29 is 38.8 Å². The van der Waals surface area contributed by atoms with Crippen LogP contribution in [0.1, 0.15) is 471 Å². The Labute approximate surface area is 666 Å². The molecule has 0 aliphatic rings. The lowest BCUT2D eigenvalue weighted by Gasteiger charge is -2.29. The number of aliphatic hydroxyl groups is 2. The smallest absolute Gasteiger partial charge is 0.330 e. The van der Waals surface area contributed by atoms with Gasteiger partial charge in [0.15, 0.2) is 0 Å². The lowest BCUT2D eigenvalue weighted by molar-refractivity contribution is -0.138. The van der Waals surface area contributed by atoms with Crippen LogP contribution < -0.4 is 0 Å². The van der Waals surface area contributed by atoms with Gasteiger partial charge in [-0.15, -0.1) is 0 Å². The summed E-state index contributed by atoms with van der Waals surface area (Å²) in [4.78, 5) is 45.6. The Bertz CT molecular complexity index is 1820. The van der Waals surface area contributed by atoms with Gasteiger partial charge in [0.1, 0.15) is 0 Å². The van der Waals surface area contributed by atoms with E-state index < -0.39 is 12.2 Å². The Balaban J connectivity index is 5.86. The maximum absolute atomic E-state index is 13.0. The number of unbranched alkanes of at least 4 members (excludes halogenated alkanes) is 60. The molecular weight excluding hydrogens is 1320 g/mol. The van der Waals surface area contributed by atoms with Crippen LogP contribution in [0.15, 0.2) is 36.5 Å². The monoisotopic (exact) mass is 1510 g/mol. The number of esters is 3. The van der Waals surface area contributed by atoms with Gasteiger partial charge in [-0.25, -0.2) is 14.4 Å². The molecule has 2 N–H and O–H groups in total. The number of hydrogen-bond acceptors (Lipinski definition) is 11. The molecule has 107 heavy (non-hydrogen) atoms. The molecule has 0 fully saturated rings. The van der Waals surface area contributed by atoms with Crippen LogP contribution in [-0.4, -0.2) is 134 Å². The first-order chi connectivity index (χ1) is 52.7. The van der Waals surface area contributed by atoms with Crippen molar-refractivity contribution in [1.29, 1.82) is 0 Å². The summed E-state index contributed by atoms with van der Waals surface area (Å²) in [5.41, 5.74) is 0. The second-order valence-corrected chi connectivity index (χ2v) is 33.0. The Morgan fingerprint density at radius 3 is 0.692 bits per heavy atom. The maximum Gasteiger partial charge on any atom is 0.330 e. The molecule has 632 valence electrons. The van der Waals surface area contributed by atoms with Gasteiger partial charge in [-0.2, -0.15) is 0 Å². The van der Waals surface area contributed by atoms with Gasteiger partial charge in [0.25, 0.3) is 0 Å². The summed E-state index contributed by atoms with van der Waals surface area (Å²) in [7, 11) is 0. The van der Waals surface area contributed by atoms with Crippen molar-refractivity contribution >= 4 is 17.9 Å². The number of carbonyl (C=O) groups excluding carboxylic acids is 3. The summed E-state index contributed by atoms with van der Waals surface area (Å²) >= 11 is 0. The van der Waals surface area contributed by atoms with Crippen molar-refractivity contribution in [2.75, 3.05) is 78.7 Å². The van der Waals surface area contributed by atoms with E-state index in [2.05, 4.69) is 49.3 Å². The topological polar surface area (TPSA) is 129 Å². The van der Waals surface area contributed by atoms with Crippen molar-refractivity contribution in [3.05, 3.63) is 36.5 Å². The minimum Gasteiger partial charge on any atom is -0.463 e. The Morgan fingerprint density at radius 2 is 0.439 bits per heavy atom. The highest BCUT2D eigenvalue weighted by atomic mass is 16.5. The van der Waals surface area contributed by atoms with Gasteiger partial charge in [-0.1, -0.05) is 425 Å². The molecule has 2 atom stereocenters. The molecule has 11 nitrogen and oxygen atoms in total. The average Bonchev–Trinajstić information content (AvgIpc) is 0.955. The number of hydrogen-bond donors (Lipinski definition) is 2. The van der Waals surface area contributed by atoms with E-state index in [9.17, 15) is 24.6 Å².